The summed E-state index contributed by atoms with van der Waals surface area (Å²) >= 11 is 2.10. The summed E-state index contributed by atoms with van der Waals surface area (Å²) in [6.45, 7) is 0. The van der Waals surface area contributed by atoms with Crippen molar-refractivity contribution in [3.8, 4) is 0 Å². The molecule has 1 aromatic rings. The lowest BCUT2D eigenvalue weighted by atomic mass is 9.85. The van der Waals surface area contributed by atoms with E-state index in [2.05, 4.69) is 22.6 Å². The van der Waals surface area contributed by atoms with Crippen molar-refractivity contribution in [2.75, 3.05) is 0 Å². The van der Waals surface area contributed by atoms with E-state index in [1.165, 1.54) is 0 Å². The number of aryl methyl sites for hydroxylation is 1. The van der Waals surface area contributed by atoms with E-state index in [-0.39, 0.29) is 17.7 Å². The summed E-state index contributed by atoms with van der Waals surface area (Å²) in [6.07, 6.45) is 10.2. The van der Waals surface area contributed by atoms with E-state index in [4.69, 9.17) is 0 Å². The molecule has 0 aliphatic heterocycles. The van der Waals surface area contributed by atoms with Gasteiger partial charge in [0, 0.05) is 9.49 Å². The standard InChI is InChI=1S/C15H14FIO/c16-15-9-14(17)8-7-12(15)6-5-11-3-1-2-4-13(11)10-18/h1-4,7-11,13H,5-6H2. The molecule has 0 N–H and O–H groups in total. The zero-order valence-corrected chi connectivity index (χ0v) is 12.0. The lowest BCUT2D eigenvalue weighted by Crippen LogP contribution is -2.15. The fourth-order valence-electron chi connectivity index (χ4n) is 2.15. The van der Waals surface area contributed by atoms with Crippen LogP contribution in [0.25, 0.3) is 0 Å². The highest BCUT2D eigenvalue weighted by atomic mass is 127. The highest BCUT2D eigenvalue weighted by Gasteiger charge is 2.18. The van der Waals surface area contributed by atoms with E-state index in [0.29, 0.717) is 6.42 Å². The molecule has 1 aliphatic carbocycles. The van der Waals surface area contributed by atoms with E-state index in [0.717, 1.165) is 21.8 Å². The SMILES string of the molecule is O=CC1C=CC=CC1CCc1ccc(I)cc1F. The van der Waals surface area contributed by atoms with Crippen molar-refractivity contribution < 1.29 is 9.18 Å². The van der Waals surface area contributed by atoms with Crippen LogP contribution in [0.4, 0.5) is 4.39 Å². The summed E-state index contributed by atoms with van der Waals surface area (Å²) in [5, 5.41) is 0. The summed E-state index contributed by atoms with van der Waals surface area (Å²) in [5.41, 5.74) is 0.725. The van der Waals surface area contributed by atoms with Crippen molar-refractivity contribution in [1.29, 1.82) is 0 Å². The monoisotopic (exact) mass is 356 g/mol. The van der Waals surface area contributed by atoms with E-state index in [1.54, 1.807) is 6.07 Å². The number of allylic oxidation sites excluding steroid dienone is 4. The average molecular weight is 356 g/mol. The molecule has 2 atom stereocenters. The maximum Gasteiger partial charge on any atom is 0.127 e. The number of aldehydes is 1. The Morgan fingerprint density at radius 2 is 2.06 bits per heavy atom. The maximum absolute atomic E-state index is 13.7. The number of halogens is 2. The smallest absolute Gasteiger partial charge is 0.127 e. The van der Waals surface area contributed by atoms with Crippen LogP contribution in [0.5, 0.6) is 0 Å². The number of hydrogen-bond acceptors (Lipinski definition) is 1. The quantitative estimate of drug-likeness (QED) is 0.590. The van der Waals surface area contributed by atoms with Crippen LogP contribution >= 0.6 is 22.6 Å². The normalized spacial score (nSPS) is 22.1. The Bertz CT molecular complexity index is 493. The zero-order chi connectivity index (χ0) is 13.0. The molecule has 2 rings (SSSR count). The minimum absolute atomic E-state index is 0.0677. The van der Waals surface area contributed by atoms with Gasteiger partial charge in [-0.05, 0) is 59.0 Å². The van der Waals surface area contributed by atoms with Crippen molar-refractivity contribution in [2.45, 2.75) is 12.8 Å². The fraction of sp³-hybridized carbons (Fsp3) is 0.267. The molecule has 0 saturated heterocycles. The Morgan fingerprint density at radius 3 is 2.78 bits per heavy atom. The molecule has 1 aromatic carbocycles. The van der Waals surface area contributed by atoms with Gasteiger partial charge in [0.2, 0.25) is 0 Å². The highest BCUT2D eigenvalue weighted by molar-refractivity contribution is 14.1. The second kappa shape index (κ2) is 6.27. The van der Waals surface area contributed by atoms with Crippen LogP contribution in [0.3, 0.4) is 0 Å². The van der Waals surface area contributed by atoms with Gasteiger partial charge in [0.1, 0.15) is 12.1 Å². The molecule has 3 heteroatoms. The highest BCUT2D eigenvalue weighted by Crippen LogP contribution is 2.24. The van der Waals surface area contributed by atoms with Crippen molar-refractivity contribution in [2.24, 2.45) is 11.8 Å². The van der Waals surface area contributed by atoms with E-state index >= 15 is 0 Å². The molecular formula is C15H14FIO. The Morgan fingerprint density at radius 1 is 1.28 bits per heavy atom. The number of hydrogen-bond donors (Lipinski definition) is 0. The molecule has 94 valence electrons. The summed E-state index contributed by atoms with van der Waals surface area (Å²) in [7, 11) is 0. The summed E-state index contributed by atoms with van der Waals surface area (Å²) < 4.78 is 14.6. The first-order chi connectivity index (χ1) is 8.70. The third-order valence-electron chi connectivity index (χ3n) is 3.22. The molecule has 1 aliphatic rings. The van der Waals surface area contributed by atoms with Crippen LogP contribution < -0.4 is 0 Å². The molecule has 0 radical (unpaired) electrons. The largest absolute Gasteiger partial charge is 0.303 e. The third kappa shape index (κ3) is 3.28. The van der Waals surface area contributed by atoms with Crippen molar-refractivity contribution >= 4 is 28.9 Å². The Kier molecular flexibility index (Phi) is 4.69. The van der Waals surface area contributed by atoms with Gasteiger partial charge in [-0.25, -0.2) is 4.39 Å². The molecule has 0 bridgehead atoms. The summed E-state index contributed by atoms with van der Waals surface area (Å²) in [6, 6.07) is 5.28. The molecule has 1 nitrogen and oxygen atoms in total. The van der Waals surface area contributed by atoms with Gasteiger partial charge in [0.15, 0.2) is 0 Å². The van der Waals surface area contributed by atoms with Gasteiger partial charge >= 0.3 is 0 Å². The Labute approximate surface area is 120 Å². The van der Waals surface area contributed by atoms with Gasteiger partial charge in [0.05, 0.1) is 0 Å². The van der Waals surface area contributed by atoms with Gasteiger partial charge in [0.25, 0.3) is 0 Å². The summed E-state index contributed by atoms with van der Waals surface area (Å²) in [4.78, 5) is 10.9. The lowest BCUT2D eigenvalue weighted by molar-refractivity contribution is -0.110. The fourth-order valence-corrected chi connectivity index (χ4v) is 2.61. The Hall–Kier alpha value is -0.970. The first-order valence-electron chi connectivity index (χ1n) is 5.95. The topological polar surface area (TPSA) is 17.1 Å². The molecule has 0 aromatic heterocycles. The first kappa shape index (κ1) is 13.5. The van der Waals surface area contributed by atoms with Crippen LogP contribution in [-0.2, 0) is 11.2 Å². The predicted octanol–water partition coefficient (Wildman–Crippen LogP) is 3.92. The molecule has 0 heterocycles. The number of carbonyl (C=O) groups is 1. The van der Waals surface area contributed by atoms with Crippen LogP contribution in [-0.4, -0.2) is 6.29 Å². The van der Waals surface area contributed by atoms with Crippen molar-refractivity contribution in [1.82, 2.24) is 0 Å². The number of rotatable bonds is 4. The Balaban J connectivity index is 2.01. The minimum Gasteiger partial charge on any atom is -0.303 e. The maximum atomic E-state index is 13.7. The van der Waals surface area contributed by atoms with E-state index in [1.807, 2.05) is 36.4 Å². The van der Waals surface area contributed by atoms with Gasteiger partial charge in [-0.15, -0.1) is 0 Å². The predicted molar refractivity (Wildman–Crippen MR) is 78.8 cm³/mol. The van der Waals surface area contributed by atoms with Gasteiger partial charge in [-0.2, -0.15) is 0 Å². The van der Waals surface area contributed by atoms with E-state index in [9.17, 15) is 9.18 Å². The third-order valence-corrected chi connectivity index (χ3v) is 3.89. The van der Waals surface area contributed by atoms with Crippen molar-refractivity contribution in [3.63, 3.8) is 0 Å². The molecule has 18 heavy (non-hydrogen) atoms. The molecule has 0 amide bonds. The zero-order valence-electron chi connectivity index (χ0n) is 9.85. The lowest BCUT2D eigenvalue weighted by Gasteiger charge is -2.19. The molecule has 2 unspecified atom stereocenters. The van der Waals surface area contributed by atoms with Gasteiger partial charge in [-0.1, -0.05) is 30.4 Å². The number of carbonyl (C=O) groups excluding carboxylic acids is 1. The molecular weight excluding hydrogens is 342 g/mol. The van der Waals surface area contributed by atoms with Crippen LogP contribution in [0.2, 0.25) is 0 Å². The summed E-state index contributed by atoms with van der Waals surface area (Å²) in [5.74, 6) is -0.0343. The van der Waals surface area contributed by atoms with Crippen LogP contribution in [0.1, 0.15) is 12.0 Å². The second-order valence-electron chi connectivity index (χ2n) is 4.42. The average Bonchev–Trinajstić information content (AvgIpc) is 2.38. The van der Waals surface area contributed by atoms with Gasteiger partial charge < -0.3 is 4.79 Å². The molecule has 0 saturated carbocycles. The minimum atomic E-state index is -0.153. The van der Waals surface area contributed by atoms with Gasteiger partial charge in [-0.3, -0.25) is 0 Å². The van der Waals surface area contributed by atoms with Crippen molar-refractivity contribution in [3.05, 3.63) is 57.5 Å². The van der Waals surface area contributed by atoms with E-state index < -0.39 is 0 Å². The van der Waals surface area contributed by atoms with Crippen LogP contribution in [0, 0.1) is 21.2 Å². The van der Waals surface area contributed by atoms with Crippen LogP contribution in [0.15, 0.2) is 42.5 Å². The number of benzene rings is 1. The molecule has 0 spiro atoms. The molecule has 0 fully saturated rings. The first-order valence-corrected chi connectivity index (χ1v) is 7.03. The second-order valence-corrected chi connectivity index (χ2v) is 5.67.